The van der Waals surface area contributed by atoms with Crippen LogP contribution in [0.5, 0.6) is 5.75 Å². The Balaban J connectivity index is 1.43. The number of sulfone groups is 1. The number of hydrogen-bond donors (Lipinski definition) is 0. The molecule has 1 amide bonds. The zero-order chi connectivity index (χ0) is 24.5. The molecule has 3 unspecified atom stereocenters. The van der Waals surface area contributed by atoms with Crippen LogP contribution in [-0.2, 0) is 15.3 Å². The van der Waals surface area contributed by atoms with Gasteiger partial charge in [-0.3, -0.25) is 4.79 Å². The SMILES string of the molecule is CC(Oc1ccc(S(C)(=O)=O)cc1C(=O)N1CC2CC2(c2nccc(C3CC3)n2)C1)C(F)(F)F. The van der Waals surface area contributed by atoms with Crippen molar-refractivity contribution in [1.82, 2.24) is 14.9 Å². The number of aromatic nitrogens is 2. The summed E-state index contributed by atoms with van der Waals surface area (Å²) in [7, 11) is -3.69. The largest absolute Gasteiger partial charge is 0.480 e. The van der Waals surface area contributed by atoms with Crippen molar-refractivity contribution in [2.24, 2.45) is 5.92 Å². The van der Waals surface area contributed by atoms with E-state index in [-0.39, 0.29) is 27.5 Å². The predicted octanol–water partition coefficient (Wildman–Crippen LogP) is 3.50. The van der Waals surface area contributed by atoms with Crippen LogP contribution in [0.4, 0.5) is 13.2 Å². The molecule has 2 saturated carbocycles. The maximum absolute atomic E-state index is 13.4. The van der Waals surface area contributed by atoms with Crippen molar-refractivity contribution in [2.45, 2.75) is 54.7 Å². The van der Waals surface area contributed by atoms with Gasteiger partial charge in [-0.2, -0.15) is 13.2 Å². The third-order valence-corrected chi connectivity index (χ3v) is 8.04. The fourth-order valence-corrected chi connectivity index (χ4v) is 5.29. The van der Waals surface area contributed by atoms with Crippen molar-refractivity contribution in [3.05, 3.63) is 47.5 Å². The molecule has 0 bridgehead atoms. The number of ether oxygens (including phenoxy) is 1. The zero-order valence-electron chi connectivity index (χ0n) is 18.7. The van der Waals surface area contributed by atoms with Crippen molar-refractivity contribution in [3.63, 3.8) is 0 Å². The molecule has 5 rings (SSSR count). The quantitative estimate of drug-likeness (QED) is 0.610. The Morgan fingerprint density at radius 1 is 1.26 bits per heavy atom. The van der Waals surface area contributed by atoms with Crippen molar-refractivity contribution < 1.29 is 31.1 Å². The van der Waals surface area contributed by atoms with E-state index in [1.807, 2.05) is 6.07 Å². The minimum atomic E-state index is -4.64. The van der Waals surface area contributed by atoms with Crippen molar-refractivity contribution in [1.29, 1.82) is 0 Å². The maximum Gasteiger partial charge on any atom is 0.425 e. The van der Waals surface area contributed by atoms with Gasteiger partial charge in [-0.05, 0) is 56.4 Å². The van der Waals surface area contributed by atoms with Crippen LogP contribution in [0.2, 0.25) is 0 Å². The zero-order valence-corrected chi connectivity index (χ0v) is 19.5. The van der Waals surface area contributed by atoms with E-state index in [9.17, 15) is 26.4 Å². The topological polar surface area (TPSA) is 89.5 Å². The number of benzene rings is 1. The number of amides is 1. The van der Waals surface area contributed by atoms with E-state index in [0.717, 1.165) is 56.3 Å². The molecule has 0 N–H and O–H groups in total. The molecule has 1 aromatic carbocycles. The molecule has 3 atom stereocenters. The van der Waals surface area contributed by atoms with E-state index in [1.165, 1.54) is 4.90 Å². The number of fused-ring (bicyclic) bond motifs is 1. The van der Waals surface area contributed by atoms with Gasteiger partial charge in [0.05, 0.1) is 15.9 Å². The molecular weight excluding hydrogens is 471 g/mol. The molecule has 2 aliphatic carbocycles. The van der Waals surface area contributed by atoms with Gasteiger partial charge in [0.25, 0.3) is 5.91 Å². The molecule has 34 heavy (non-hydrogen) atoms. The van der Waals surface area contributed by atoms with Crippen LogP contribution >= 0.6 is 0 Å². The molecule has 7 nitrogen and oxygen atoms in total. The van der Waals surface area contributed by atoms with Gasteiger partial charge in [0.2, 0.25) is 0 Å². The van der Waals surface area contributed by atoms with E-state index in [2.05, 4.69) is 4.98 Å². The third-order valence-electron chi connectivity index (χ3n) is 6.93. The Bertz CT molecular complexity index is 1260. The number of carbonyl (C=O) groups is 1. The number of alkyl halides is 3. The van der Waals surface area contributed by atoms with Gasteiger partial charge in [-0.25, -0.2) is 18.4 Å². The molecule has 0 radical (unpaired) electrons. The fourth-order valence-electron chi connectivity index (χ4n) is 4.64. The Hall–Kier alpha value is -2.69. The van der Waals surface area contributed by atoms with E-state index in [1.54, 1.807) is 6.20 Å². The molecule has 3 fully saturated rings. The Morgan fingerprint density at radius 2 is 2.00 bits per heavy atom. The van der Waals surface area contributed by atoms with Crippen LogP contribution in [0.25, 0.3) is 0 Å². The van der Waals surface area contributed by atoms with Crippen molar-refractivity contribution in [3.8, 4) is 5.75 Å². The normalized spacial score (nSPS) is 25.1. The highest BCUT2D eigenvalue weighted by molar-refractivity contribution is 7.90. The lowest BCUT2D eigenvalue weighted by Crippen LogP contribution is -2.35. The molecule has 1 aliphatic heterocycles. The van der Waals surface area contributed by atoms with Gasteiger partial charge < -0.3 is 9.64 Å². The molecule has 2 heterocycles. The number of rotatable bonds is 6. The smallest absolute Gasteiger partial charge is 0.425 e. The first-order valence-electron chi connectivity index (χ1n) is 11.1. The Morgan fingerprint density at radius 3 is 2.65 bits per heavy atom. The van der Waals surface area contributed by atoms with E-state index in [4.69, 9.17) is 9.72 Å². The van der Waals surface area contributed by atoms with E-state index in [0.29, 0.717) is 24.8 Å². The number of carbonyl (C=O) groups excluding carboxylic acids is 1. The summed E-state index contributed by atoms with van der Waals surface area (Å²) in [6.45, 7) is 1.55. The summed E-state index contributed by atoms with van der Waals surface area (Å²) in [6.07, 6.45) is -1.05. The molecule has 2 aromatic rings. The van der Waals surface area contributed by atoms with Gasteiger partial charge in [-0.1, -0.05) is 0 Å². The van der Waals surface area contributed by atoms with E-state index >= 15 is 0 Å². The van der Waals surface area contributed by atoms with Crippen LogP contribution in [0.1, 0.15) is 54.0 Å². The molecular formula is C23H24F3N3O4S. The third kappa shape index (κ3) is 4.14. The van der Waals surface area contributed by atoms with Crippen molar-refractivity contribution in [2.75, 3.05) is 19.3 Å². The lowest BCUT2D eigenvalue weighted by molar-refractivity contribution is -0.189. The maximum atomic E-state index is 13.4. The molecule has 182 valence electrons. The highest BCUT2D eigenvalue weighted by Crippen LogP contribution is 2.58. The van der Waals surface area contributed by atoms with Crippen LogP contribution in [0, 0.1) is 5.92 Å². The summed E-state index contributed by atoms with van der Waals surface area (Å²) < 4.78 is 68.4. The summed E-state index contributed by atoms with van der Waals surface area (Å²) in [4.78, 5) is 24.0. The molecule has 1 aromatic heterocycles. The van der Waals surface area contributed by atoms with Gasteiger partial charge in [-0.15, -0.1) is 0 Å². The van der Waals surface area contributed by atoms with Gasteiger partial charge in [0.15, 0.2) is 15.9 Å². The number of hydrogen-bond acceptors (Lipinski definition) is 6. The second-order valence-electron chi connectivity index (χ2n) is 9.55. The average Bonchev–Trinajstić information content (AvgIpc) is 3.70. The number of likely N-dealkylation sites (tertiary alicyclic amines) is 1. The molecule has 11 heteroatoms. The van der Waals surface area contributed by atoms with E-state index < -0.39 is 28.0 Å². The first-order valence-corrected chi connectivity index (χ1v) is 13.0. The first-order chi connectivity index (χ1) is 15.9. The van der Waals surface area contributed by atoms with Crippen molar-refractivity contribution >= 4 is 15.7 Å². The Kier molecular flexibility index (Phi) is 5.20. The second-order valence-corrected chi connectivity index (χ2v) is 11.6. The number of halogens is 3. The van der Waals surface area contributed by atoms with Crippen LogP contribution in [0.3, 0.4) is 0 Å². The average molecular weight is 496 g/mol. The summed E-state index contributed by atoms with van der Waals surface area (Å²) in [5.74, 6) is 0.443. The predicted molar refractivity (Wildman–Crippen MR) is 115 cm³/mol. The van der Waals surface area contributed by atoms with Crippen LogP contribution < -0.4 is 4.74 Å². The molecule has 3 aliphatic rings. The summed E-state index contributed by atoms with van der Waals surface area (Å²) in [5.41, 5.74) is 0.436. The second kappa shape index (κ2) is 7.66. The number of piperidine rings is 1. The van der Waals surface area contributed by atoms with Gasteiger partial charge in [0, 0.05) is 37.2 Å². The highest BCUT2D eigenvalue weighted by Gasteiger charge is 2.64. The summed E-state index contributed by atoms with van der Waals surface area (Å²) >= 11 is 0. The summed E-state index contributed by atoms with van der Waals surface area (Å²) in [6, 6.07) is 5.26. The van der Waals surface area contributed by atoms with Gasteiger partial charge >= 0.3 is 6.18 Å². The van der Waals surface area contributed by atoms with Crippen LogP contribution in [0.15, 0.2) is 35.4 Å². The lowest BCUT2D eigenvalue weighted by atomic mass is 10.0. The monoisotopic (exact) mass is 495 g/mol. The minimum absolute atomic E-state index is 0.155. The fraction of sp³-hybridized carbons (Fsp3) is 0.522. The molecule has 0 spiro atoms. The summed E-state index contributed by atoms with van der Waals surface area (Å²) in [5, 5.41) is 0. The van der Waals surface area contributed by atoms with Crippen LogP contribution in [-0.4, -0.2) is 60.8 Å². The number of nitrogens with zero attached hydrogens (tertiary/aromatic N) is 3. The standard InChI is InChI=1S/C23H24F3N3O4S/c1-13(23(24,25)26)33-19-6-5-16(34(2,31)32)9-17(19)20(30)29-11-15-10-22(15,12-29)21-27-8-7-18(28-21)14-3-4-14/h5-9,13-15H,3-4,10-12H2,1-2H3. The Labute approximate surface area is 195 Å². The minimum Gasteiger partial charge on any atom is -0.480 e. The lowest BCUT2D eigenvalue weighted by Gasteiger charge is -2.24. The first kappa shape index (κ1) is 23.1. The van der Waals surface area contributed by atoms with Gasteiger partial charge in [0.1, 0.15) is 11.6 Å². The highest BCUT2D eigenvalue weighted by atomic mass is 32.2. The molecule has 1 saturated heterocycles.